The molecule has 0 aliphatic heterocycles. The minimum atomic E-state index is -0.978. The molecule has 2 aromatic rings. The second-order valence-electron chi connectivity index (χ2n) is 3.74. The van der Waals surface area contributed by atoms with E-state index in [2.05, 4.69) is 0 Å². The Morgan fingerprint density at radius 1 is 0.727 bits per heavy atom. The van der Waals surface area contributed by atoms with Crippen LogP contribution in [-0.2, 0) is 9.13 Å². The maximum absolute atomic E-state index is 11.7. The van der Waals surface area contributed by atoms with E-state index in [0.29, 0.717) is 0 Å². The number of benzene rings is 2. The minimum Gasteiger partial charge on any atom is -0.408 e. The smallest absolute Gasteiger partial charge is 0.408 e. The average Bonchev–Trinajstić information content (AvgIpc) is 2.48. The van der Waals surface area contributed by atoms with Gasteiger partial charge < -0.3 is 18.5 Å². The van der Waals surface area contributed by atoms with Crippen molar-refractivity contribution in [1.29, 1.82) is 0 Å². The molecule has 0 aliphatic rings. The third-order valence-corrected chi connectivity index (χ3v) is 2.87. The van der Waals surface area contributed by atoms with Crippen molar-refractivity contribution in [2.45, 2.75) is 0 Å². The van der Waals surface area contributed by atoms with E-state index in [1.165, 1.54) is 24.3 Å². The van der Waals surface area contributed by atoms with Crippen molar-refractivity contribution < 1.29 is 32.4 Å². The van der Waals surface area contributed by atoms with Gasteiger partial charge >= 0.3 is 23.5 Å². The highest BCUT2D eigenvalue weighted by molar-refractivity contribution is 7.18. The van der Waals surface area contributed by atoms with Crippen molar-refractivity contribution in [3.8, 4) is 23.0 Å². The summed E-state index contributed by atoms with van der Waals surface area (Å²) in [6, 6.07) is 12.0. The van der Waals surface area contributed by atoms with Crippen molar-refractivity contribution >= 4 is 23.5 Å². The molecule has 0 unspecified atom stereocenters. The Morgan fingerprint density at radius 2 is 1.14 bits per heavy atom. The Bertz CT molecular complexity index is 632. The van der Waals surface area contributed by atoms with E-state index in [9.17, 15) is 13.9 Å². The van der Waals surface area contributed by atoms with Crippen LogP contribution >= 0.6 is 17.4 Å². The molecule has 7 nitrogen and oxygen atoms in total. The lowest BCUT2D eigenvalue weighted by Crippen LogP contribution is -2.13. The topological polar surface area (TPSA) is 88.1 Å². The zero-order chi connectivity index (χ0) is 15.8. The number of rotatable bonds is 6. The van der Waals surface area contributed by atoms with E-state index in [0.717, 1.165) is 0 Å². The molecule has 0 N–H and O–H groups in total. The van der Waals surface area contributed by atoms with Crippen LogP contribution in [0.15, 0.2) is 48.5 Å². The summed E-state index contributed by atoms with van der Waals surface area (Å²) in [6.07, 6.45) is -0.978. The van der Waals surface area contributed by atoms with Gasteiger partial charge in [-0.3, -0.25) is 0 Å². The van der Waals surface area contributed by atoms with E-state index in [4.69, 9.17) is 18.5 Å². The van der Waals surface area contributed by atoms with Crippen LogP contribution in [0, 0.1) is 0 Å². The van der Waals surface area contributed by atoms with E-state index in [-0.39, 0.29) is 23.0 Å². The molecule has 0 radical (unpaired) electrons. The van der Waals surface area contributed by atoms with Crippen LogP contribution in [0.5, 0.6) is 23.0 Å². The molecule has 22 heavy (non-hydrogen) atoms. The van der Waals surface area contributed by atoms with Crippen LogP contribution in [0.2, 0.25) is 0 Å². The number of hydrogen-bond acceptors (Lipinski definition) is 7. The zero-order valence-corrected chi connectivity index (χ0v) is 12.7. The van der Waals surface area contributed by atoms with Crippen LogP contribution < -0.4 is 18.5 Å². The summed E-state index contributed by atoms with van der Waals surface area (Å²) >= 11 is 0. The van der Waals surface area contributed by atoms with Gasteiger partial charge in [-0.15, -0.1) is 0 Å². The molecule has 0 aliphatic carbocycles. The summed E-state index contributed by atoms with van der Waals surface area (Å²) in [5, 5.41) is 0. The third-order valence-electron chi connectivity index (χ3n) is 2.30. The molecule has 0 aromatic heterocycles. The molecule has 2 aromatic carbocycles. The molecule has 0 heterocycles. The van der Waals surface area contributed by atoms with Gasteiger partial charge in [0.2, 0.25) is 0 Å². The van der Waals surface area contributed by atoms with Crippen molar-refractivity contribution in [3.63, 3.8) is 0 Å². The molecule has 0 saturated carbocycles. The molecule has 0 bridgehead atoms. The number of hydrogen-bond donors (Lipinski definition) is 0. The van der Waals surface area contributed by atoms with Gasteiger partial charge in [0, 0.05) is 12.1 Å². The van der Waals surface area contributed by atoms with Crippen LogP contribution in [0.4, 0.5) is 4.79 Å². The summed E-state index contributed by atoms with van der Waals surface area (Å²) in [7, 11) is -1.03. The number of ether oxygens (including phenoxy) is 2. The highest BCUT2D eigenvalue weighted by Crippen LogP contribution is 2.24. The summed E-state index contributed by atoms with van der Waals surface area (Å²) < 4.78 is 40.0. The fraction of sp³-hybridized carbons (Fsp3) is 0. The van der Waals surface area contributed by atoms with Crippen LogP contribution in [0.25, 0.3) is 0 Å². The summed E-state index contributed by atoms with van der Waals surface area (Å²) in [6.45, 7) is 0. The van der Waals surface area contributed by atoms with E-state index < -0.39 is 23.5 Å². The lowest BCUT2D eigenvalue weighted by molar-refractivity contribution is 0.152. The first kappa shape index (κ1) is 15.9. The molecule has 9 heteroatoms. The molecule has 0 fully saturated rings. The van der Waals surface area contributed by atoms with Crippen molar-refractivity contribution in [3.05, 3.63) is 48.5 Å². The van der Waals surface area contributed by atoms with Gasteiger partial charge in [0.25, 0.3) is 0 Å². The predicted octanol–water partition coefficient (Wildman–Crippen LogP) is 4.44. The average molecular weight is 338 g/mol. The Morgan fingerprint density at radius 3 is 1.55 bits per heavy atom. The molecular formula is C13H8O7P2. The highest BCUT2D eigenvalue weighted by Gasteiger charge is 2.09. The second-order valence-corrected chi connectivity index (χ2v) is 4.40. The summed E-state index contributed by atoms with van der Waals surface area (Å²) in [4.78, 5) is 11.7. The Balaban J connectivity index is 2.00. The van der Waals surface area contributed by atoms with Gasteiger partial charge in [-0.05, 0) is 24.3 Å². The first-order chi connectivity index (χ1) is 10.7. The quantitative estimate of drug-likeness (QED) is 0.437. The van der Waals surface area contributed by atoms with Gasteiger partial charge in [-0.2, -0.15) is 0 Å². The van der Waals surface area contributed by atoms with Gasteiger partial charge in [0.05, 0.1) is 0 Å². The molecule has 0 spiro atoms. The van der Waals surface area contributed by atoms with Crippen LogP contribution in [0.3, 0.4) is 0 Å². The van der Waals surface area contributed by atoms with Crippen molar-refractivity contribution in [2.75, 3.05) is 0 Å². The largest absolute Gasteiger partial charge is 0.519 e. The zero-order valence-electron chi connectivity index (χ0n) is 10.9. The SMILES string of the molecule is O=POc1cccc(OC(=O)Oc2cccc(OP=O)c2)c1. The van der Waals surface area contributed by atoms with Gasteiger partial charge in [-0.1, -0.05) is 12.1 Å². The number of carbonyl (C=O) groups excluding carboxylic acids is 1. The predicted molar refractivity (Wildman–Crippen MR) is 76.0 cm³/mol. The number of carbonyl (C=O) groups is 1. The molecule has 0 atom stereocenters. The molecule has 0 amide bonds. The van der Waals surface area contributed by atoms with E-state index >= 15 is 0 Å². The Kier molecular flexibility index (Phi) is 5.83. The first-order valence-corrected chi connectivity index (χ1v) is 7.26. The standard InChI is InChI=1S/C13H8O7P2/c14-13(17-9-3-1-5-11(7-9)19-21-15)18-10-4-2-6-12(8-10)20-22-16/h1-8H. The van der Waals surface area contributed by atoms with Crippen molar-refractivity contribution in [1.82, 2.24) is 0 Å². The third kappa shape index (κ3) is 4.81. The molecule has 0 saturated heterocycles. The molecular weight excluding hydrogens is 330 g/mol. The normalized spacial score (nSPS) is 10.2. The second kappa shape index (κ2) is 8.08. The van der Waals surface area contributed by atoms with E-state index in [1.807, 2.05) is 0 Å². The van der Waals surface area contributed by atoms with Gasteiger partial charge in [0.1, 0.15) is 23.0 Å². The fourth-order valence-corrected chi connectivity index (χ4v) is 1.89. The fourth-order valence-electron chi connectivity index (χ4n) is 1.49. The monoisotopic (exact) mass is 338 g/mol. The summed E-state index contributed by atoms with van der Waals surface area (Å²) in [5.74, 6) is 0.867. The highest BCUT2D eigenvalue weighted by atomic mass is 31.1. The maximum atomic E-state index is 11.7. The minimum absolute atomic E-state index is 0.164. The Labute approximate surface area is 128 Å². The first-order valence-electron chi connectivity index (χ1n) is 5.80. The molecule has 112 valence electrons. The van der Waals surface area contributed by atoms with Crippen LogP contribution in [-0.4, -0.2) is 6.16 Å². The molecule has 2 rings (SSSR count). The van der Waals surface area contributed by atoms with Crippen molar-refractivity contribution in [2.24, 2.45) is 0 Å². The van der Waals surface area contributed by atoms with Gasteiger partial charge in [-0.25, -0.2) is 13.9 Å². The lowest BCUT2D eigenvalue weighted by atomic mass is 10.3. The summed E-state index contributed by atoms with van der Waals surface area (Å²) in [5.41, 5.74) is 0. The maximum Gasteiger partial charge on any atom is 0.519 e. The lowest BCUT2D eigenvalue weighted by Gasteiger charge is -2.06. The Hall–Kier alpha value is -2.49. The van der Waals surface area contributed by atoms with E-state index in [1.54, 1.807) is 24.3 Å². The van der Waals surface area contributed by atoms with Gasteiger partial charge in [0.15, 0.2) is 0 Å². The van der Waals surface area contributed by atoms with Crippen LogP contribution in [0.1, 0.15) is 0 Å².